The molecule has 1 saturated heterocycles. The number of morpholine rings is 1. The van der Waals surface area contributed by atoms with Crippen LogP contribution in [-0.4, -0.2) is 43.6 Å². The van der Waals surface area contributed by atoms with E-state index in [2.05, 4.69) is 0 Å². The van der Waals surface area contributed by atoms with E-state index >= 15 is 0 Å². The zero-order chi connectivity index (χ0) is 14.8. The van der Waals surface area contributed by atoms with E-state index in [4.69, 9.17) is 10.00 Å². The second-order valence-electron chi connectivity index (χ2n) is 4.60. The molecule has 2 atom stereocenters. The molecule has 0 radical (unpaired) electrons. The van der Waals surface area contributed by atoms with Gasteiger partial charge in [-0.3, -0.25) is 0 Å². The molecule has 1 fully saturated rings. The molecule has 1 N–H and O–H groups in total. The fraction of sp³-hybridized carbons (Fsp3) is 0.462. The normalized spacial score (nSPS) is 22.1. The second kappa shape index (κ2) is 5.89. The van der Waals surface area contributed by atoms with Crippen LogP contribution in [0.2, 0.25) is 0 Å². The van der Waals surface area contributed by atoms with Crippen LogP contribution in [0, 0.1) is 11.3 Å². The lowest BCUT2D eigenvalue weighted by molar-refractivity contribution is 0.0311. The predicted molar refractivity (Wildman–Crippen MR) is 71.2 cm³/mol. The molecule has 0 spiro atoms. The van der Waals surface area contributed by atoms with Gasteiger partial charge < -0.3 is 9.84 Å². The first-order valence-corrected chi connectivity index (χ1v) is 7.68. The number of aliphatic hydroxyl groups is 1. The third kappa shape index (κ3) is 2.99. The number of hydrogen-bond donors (Lipinski definition) is 1. The number of sulfonamides is 1. The lowest BCUT2D eigenvalue weighted by Crippen LogP contribution is -2.44. The maximum atomic E-state index is 12.4. The largest absolute Gasteiger partial charge is 0.389 e. The number of aliphatic hydroxyl groups excluding tert-OH is 1. The molecule has 1 aromatic carbocycles. The molecular weight excluding hydrogens is 280 g/mol. The number of ether oxygens (including phenoxy) is 1. The SMILES string of the molecule is CC(O)c1ccc(S(=O)(=O)N2CCOC(C#N)C2)cc1. The molecule has 2 rings (SSSR count). The summed E-state index contributed by atoms with van der Waals surface area (Å²) in [7, 11) is -3.63. The summed E-state index contributed by atoms with van der Waals surface area (Å²) >= 11 is 0. The van der Waals surface area contributed by atoms with E-state index in [1.165, 1.54) is 16.4 Å². The molecule has 1 aliphatic heterocycles. The fourth-order valence-electron chi connectivity index (χ4n) is 1.99. The van der Waals surface area contributed by atoms with E-state index in [-0.39, 0.29) is 24.6 Å². The molecule has 2 unspecified atom stereocenters. The lowest BCUT2D eigenvalue weighted by atomic mass is 10.1. The summed E-state index contributed by atoms with van der Waals surface area (Å²) in [6.07, 6.45) is -1.37. The highest BCUT2D eigenvalue weighted by Crippen LogP contribution is 2.21. The monoisotopic (exact) mass is 296 g/mol. The smallest absolute Gasteiger partial charge is 0.243 e. The van der Waals surface area contributed by atoms with Gasteiger partial charge in [0.2, 0.25) is 10.0 Å². The Kier molecular flexibility index (Phi) is 4.40. The number of rotatable bonds is 3. The van der Waals surface area contributed by atoms with Crippen molar-refractivity contribution in [3.8, 4) is 6.07 Å². The topological polar surface area (TPSA) is 90.6 Å². The van der Waals surface area contributed by atoms with Crippen LogP contribution >= 0.6 is 0 Å². The Bertz CT molecular complexity index is 604. The summed E-state index contributed by atoms with van der Waals surface area (Å²) in [6, 6.07) is 8.02. The minimum Gasteiger partial charge on any atom is -0.389 e. The Balaban J connectivity index is 2.24. The summed E-state index contributed by atoms with van der Waals surface area (Å²) in [4.78, 5) is 0.153. The van der Waals surface area contributed by atoms with E-state index < -0.39 is 22.2 Å². The van der Waals surface area contributed by atoms with Crippen LogP contribution in [0.4, 0.5) is 0 Å². The van der Waals surface area contributed by atoms with Gasteiger partial charge in [-0.05, 0) is 24.6 Å². The maximum absolute atomic E-state index is 12.4. The van der Waals surface area contributed by atoms with Crippen LogP contribution in [0.25, 0.3) is 0 Å². The molecule has 0 saturated carbocycles. The van der Waals surface area contributed by atoms with Crippen LogP contribution in [-0.2, 0) is 14.8 Å². The summed E-state index contributed by atoms with van der Waals surface area (Å²) in [6.45, 7) is 2.10. The Labute approximate surface area is 118 Å². The first-order valence-electron chi connectivity index (χ1n) is 6.24. The minimum atomic E-state index is -3.63. The van der Waals surface area contributed by atoms with Crippen molar-refractivity contribution in [1.82, 2.24) is 4.31 Å². The summed E-state index contributed by atoms with van der Waals surface area (Å²) in [5.74, 6) is 0. The summed E-state index contributed by atoms with van der Waals surface area (Å²) < 4.78 is 31.2. The van der Waals surface area contributed by atoms with Crippen LogP contribution < -0.4 is 0 Å². The third-order valence-corrected chi connectivity index (χ3v) is 5.05. The van der Waals surface area contributed by atoms with Crippen LogP contribution in [0.1, 0.15) is 18.6 Å². The van der Waals surface area contributed by atoms with Gasteiger partial charge in [-0.15, -0.1) is 0 Å². The highest BCUT2D eigenvalue weighted by Gasteiger charge is 2.30. The molecule has 108 valence electrons. The van der Waals surface area contributed by atoms with Crippen molar-refractivity contribution in [3.05, 3.63) is 29.8 Å². The van der Waals surface area contributed by atoms with Gasteiger partial charge in [0.25, 0.3) is 0 Å². The molecule has 0 aliphatic carbocycles. The van der Waals surface area contributed by atoms with Crippen molar-refractivity contribution < 1.29 is 18.3 Å². The van der Waals surface area contributed by atoms with Crippen molar-refractivity contribution in [2.24, 2.45) is 0 Å². The highest BCUT2D eigenvalue weighted by atomic mass is 32.2. The van der Waals surface area contributed by atoms with Crippen molar-refractivity contribution in [2.45, 2.75) is 24.0 Å². The fourth-order valence-corrected chi connectivity index (χ4v) is 3.41. The third-order valence-electron chi connectivity index (χ3n) is 3.17. The second-order valence-corrected chi connectivity index (χ2v) is 6.53. The number of nitriles is 1. The minimum absolute atomic E-state index is 0.0387. The maximum Gasteiger partial charge on any atom is 0.243 e. The summed E-state index contributed by atoms with van der Waals surface area (Å²) in [5, 5.41) is 18.2. The molecule has 0 aromatic heterocycles. The molecular formula is C13H16N2O4S. The number of nitrogens with zero attached hydrogens (tertiary/aromatic N) is 2. The molecule has 1 heterocycles. The van der Waals surface area contributed by atoms with Gasteiger partial charge >= 0.3 is 0 Å². The Morgan fingerprint density at radius 3 is 2.65 bits per heavy atom. The zero-order valence-corrected chi connectivity index (χ0v) is 11.9. The molecule has 1 aromatic rings. The van der Waals surface area contributed by atoms with E-state index in [1.807, 2.05) is 6.07 Å². The molecule has 6 nitrogen and oxygen atoms in total. The van der Waals surface area contributed by atoms with Gasteiger partial charge in [0.15, 0.2) is 6.10 Å². The Morgan fingerprint density at radius 1 is 1.45 bits per heavy atom. The average molecular weight is 296 g/mol. The average Bonchev–Trinajstić information content (AvgIpc) is 2.47. The van der Waals surface area contributed by atoms with Gasteiger partial charge in [-0.25, -0.2) is 8.42 Å². The molecule has 20 heavy (non-hydrogen) atoms. The van der Waals surface area contributed by atoms with Gasteiger partial charge in [0.1, 0.15) is 0 Å². The zero-order valence-electron chi connectivity index (χ0n) is 11.1. The number of benzene rings is 1. The van der Waals surface area contributed by atoms with Crippen molar-refractivity contribution >= 4 is 10.0 Å². The van der Waals surface area contributed by atoms with Gasteiger partial charge in [-0.1, -0.05) is 12.1 Å². The summed E-state index contributed by atoms with van der Waals surface area (Å²) in [5.41, 5.74) is 0.654. The first-order chi connectivity index (χ1) is 9.45. The van der Waals surface area contributed by atoms with Crippen LogP contribution in [0.3, 0.4) is 0 Å². The van der Waals surface area contributed by atoms with E-state index in [0.29, 0.717) is 5.56 Å². The Hall–Kier alpha value is -1.46. The van der Waals surface area contributed by atoms with E-state index in [9.17, 15) is 13.5 Å². The standard InChI is InChI=1S/C13H16N2O4S/c1-10(16)11-2-4-13(5-3-11)20(17,18)15-6-7-19-12(8-14)9-15/h2-5,10,12,16H,6-7,9H2,1H3. The van der Waals surface area contributed by atoms with Crippen molar-refractivity contribution in [2.75, 3.05) is 19.7 Å². The van der Waals surface area contributed by atoms with Crippen molar-refractivity contribution in [1.29, 1.82) is 5.26 Å². The van der Waals surface area contributed by atoms with Crippen molar-refractivity contribution in [3.63, 3.8) is 0 Å². The quantitative estimate of drug-likeness (QED) is 0.884. The molecule has 0 amide bonds. The van der Waals surface area contributed by atoms with E-state index in [0.717, 1.165) is 0 Å². The highest BCUT2D eigenvalue weighted by molar-refractivity contribution is 7.89. The number of hydrogen-bond acceptors (Lipinski definition) is 5. The molecule has 0 bridgehead atoms. The van der Waals surface area contributed by atoms with E-state index in [1.54, 1.807) is 19.1 Å². The van der Waals surface area contributed by atoms with Crippen LogP contribution in [0.15, 0.2) is 29.2 Å². The van der Waals surface area contributed by atoms with Gasteiger partial charge in [0.05, 0.1) is 30.2 Å². The van der Waals surface area contributed by atoms with Gasteiger partial charge in [-0.2, -0.15) is 9.57 Å². The predicted octanol–water partition coefficient (Wildman–Crippen LogP) is 0.653. The van der Waals surface area contributed by atoms with Gasteiger partial charge in [0, 0.05) is 6.54 Å². The molecule has 7 heteroatoms. The van der Waals surface area contributed by atoms with Crippen LogP contribution in [0.5, 0.6) is 0 Å². The first kappa shape index (κ1) is 14.9. The lowest BCUT2D eigenvalue weighted by Gasteiger charge is -2.28. The Morgan fingerprint density at radius 2 is 2.10 bits per heavy atom. The molecule has 1 aliphatic rings.